The minimum absolute atomic E-state index is 0.114. The third-order valence-electron chi connectivity index (χ3n) is 5.19. The molecule has 3 rings (SSSR count). The van der Waals surface area contributed by atoms with Crippen LogP contribution in [0.5, 0.6) is 5.75 Å². The molecule has 1 aromatic carbocycles. The molecule has 0 radical (unpaired) electrons. The highest BCUT2D eigenvalue weighted by Gasteiger charge is 2.41. The summed E-state index contributed by atoms with van der Waals surface area (Å²) in [6.07, 6.45) is 1.59. The van der Waals surface area contributed by atoms with Crippen molar-refractivity contribution in [2.24, 2.45) is 5.92 Å². The number of nitrogens with zero attached hydrogens (tertiary/aromatic N) is 1. The molecule has 2 amide bonds. The van der Waals surface area contributed by atoms with Gasteiger partial charge in [0.05, 0.1) is 5.54 Å². The van der Waals surface area contributed by atoms with E-state index in [1.54, 1.807) is 12.1 Å². The molecule has 1 spiro atoms. The monoisotopic (exact) mass is 389 g/mol. The summed E-state index contributed by atoms with van der Waals surface area (Å²) in [6.45, 7) is 7.68. The molecule has 2 heterocycles. The Labute approximate surface area is 166 Å². The Bertz CT molecular complexity index is 659. The van der Waals surface area contributed by atoms with Crippen LogP contribution >= 0.6 is 0 Å². The lowest BCUT2D eigenvalue weighted by atomic mass is 9.89. The zero-order valence-electron chi connectivity index (χ0n) is 16.8. The summed E-state index contributed by atoms with van der Waals surface area (Å²) in [5.41, 5.74) is -0.274. The maximum atomic E-state index is 12.9. The number of ether oxygens (including phenoxy) is 2. The first-order chi connectivity index (χ1) is 13.5. The molecule has 2 aliphatic rings. The highest BCUT2D eigenvalue weighted by molar-refractivity contribution is 5.89. The van der Waals surface area contributed by atoms with Crippen LogP contribution in [-0.4, -0.2) is 67.7 Å². The van der Waals surface area contributed by atoms with Crippen LogP contribution < -0.4 is 15.4 Å². The Hall–Kier alpha value is -2.12. The quantitative estimate of drug-likeness (QED) is 0.764. The summed E-state index contributed by atoms with van der Waals surface area (Å²) in [6, 6.07) is 8.59. The van der Waals surface area contributed by atoms with E-state index in [1.165, 1.54) is 0 Å². The van der Waals surface area contributed by atoms with E-state index in [2.05, 4.69) is 29.4 Å². The van der Waals surface area contributed by atoms with Crippen molar-refractivity contribution >= 4 is 11.8 Å². The van der Waals surface area contributed by atoms with Gasteiger partial charge in [-0.25, -0.2) is 0 Å². The van der Waals surface area contributed by atoms with E-state index in [1.807, 2.05) is 18.2 Å². The third-order valence-corrected chi connectivity index (χ3v) is 5.19. The van der Waals surface area contributed by atoms with E-state index < -0.39 is 6.04 Å². The van der Waals surface area contributed by atoms with E-state index in [0.29, 0.717) is 31.4 Å². The van der Waals surface area contributed by atoms with Crippen LogP contribution in [0.4, 0.5) is 0 Å². The number of hydrogen-bond acceptors (Lipinski definition) is 5. The van der Waals surface area contributed by atoms with Gasteiger partial charge in [0.1, 0.15) is 11.8 Å². The molecule has 7 nitrogen and oxygen atoms in total. The molecular formula is C21H31N3O4. The number of nitrogens with one attached hydrogen (secondary N) is 2. The Morgan fingerprint density at radius 3 is 2.71 bits per heavy atom. The van der Waals surface area contributed by atoms with E-state index in [4.69, 9.17) is 9.47 Å². The molecule has 0 saturated carbocycles. The van der Waals surface area contributed by atoms with Gasteiger partial charge in [-0.05, 0) is 30.9 Å². The van der Waals surface area contributed by atoms with Crippen molar-refractivity contribution in [3.63, 3.8) is 0 Å². The minimum atomic E-state index is -0.590. The first-order valence-corrected chi connectivity index (χ1v) is 10.1. The Morgan fingerprint density at radius 2 is 2.04 bits per heavy atom. The van der Waals surface area contributed by atoms with Crippen LogP contribution in [-0.2, 0) is 14.3 Å². The fourth-order valence-electron chi connectivity index (χ4n) is 3.94. The van der Waals surface area contributed by atoms with Crippen LogP contribution in [0.15, 0.2) is 30.3 Å². The van der Waals surface area contributed by atoms with Crippen LogP contribution in [0.2, 0.25) is 0 Å². The Balaban J connectivity index is 1.63. The molecule has 0 aromatic heterocycles. The molecule has 1 aromatic rings. The zero-order valence-corrected chi connectivity index (χ0v) is 16.8. The largest absolute Gasteiger partial charge is 0.484 e. The lowest BCUT2D eigenvalue weighted by Crippen LogP contribution is -2.58. The third kappa shape index (κ3) is 5.69. The molecule has 1 unspecified atom stereocenters. The predicted octanol–water partition coefficient (Wildman–Crippen LogP) is 1.19. The van der Waals surface area contributed by atoms with Crippen LogP contribution in [0.3, 0.4) is 0 Å². The highest BCUT2D eigenvalue weighted by atomic mass is 16.5. The van der Waals surface area contributed by atoms with Crippen molar-refractivity contribution in [3.8, 4) is 5.75 Å². The SMILES string of the molecule is CC(C)CN1CC(NC(=O)COc2ccccc2)C(=O)NC2(CCOCC2)C1. The van der Waals surface area contributed by atoms with E-state index in [0.717, 1.165) is 25.9 Å². The highest BCUT2D eigenvalue weighted by Crippen LogP contribution is 2.25. The Morgan fingerprint density at radius 1 is 1.32 bits per heavy atom. The second kappa shape index (κ2) is 9.39. The van der Waals surface area contributed by atoms with E-state index in [9.17, 15) is 9.59 Å². The van der Waals surface area contributed by atoms with Gasteiger partial charge in [-0.2, -0.15) is 0 Å². The van der Waals surface area contributed by atoms with Gasteiger partial charge in [0.25, 0.3) is 5.91 Å². The molecule has 7 heteroatoms. The van der Waals surface area contributed by atoms with Crippen LogP contribution in [0.1, 0.15) is 26.7 Å². The smallest absolute Gasteiger partial charge is 0.258 e. The summed E-state index contributed by atoms with van der Waals surface area (Å²) < 4.78 is 11.0. The van der Waals surface area contributed by atoms with Gasteiger partial charge < -0.3 is 20.1 Å². The van der Waals surface area contributed by atoms with Crippen LogP contribution in [0, 0.1) is 5.92 Å². The molecule has 0 aliphatic carbocycles. The lowest BCUT2D eigenvalue weighted by molar-refractivity contribution is -0.131. The summed E-state index contributed by atoms with van der Waals surface area (Å²) in [7, 11) is 0. The summed E-state index contributed by atoms with van der Waals surface area (Å²) >= 11 is 0. The summed E-state index contributed by atoms with van der Waals surface area (Å²) in [4.78, 5) is 27.6. The number of amides is 2. The molecule has 154 valence electrons. The van der Waals surface area contributed by atoms with Crippen molar-refractivity contribution in [2.45, 2.75) is 38.3 Å². The summed E-state index contributed by atoms with van der Waals surface area (Å²) in [5.74, 6) is 0.686. The van der Waals surface area contributed by atoms with Crippen molar-refractivity contribution in [2.75, 3.05) is 39.5 Å². The minimum Gasteiger partial charge on any atom is -0.484 e. The van der Waals surface area contributed by atoms with Gasteiger partial charge >= 0.3 is 0 Å². The summed E-state index contributed by atoms with van der Waals surface area (Å²) in [5, 5.41) is 6.07. The normalized spacial score (nSPS) is 22.5. The maximum absolute atomic E-state index is 12.9. The second-order valence-corrected chi connectivity index (χ2v) is 8.19. The molecule has 28 heavy (non-hydrogen) atoms. The molecule has 1 atom stereocenters. The first-order valence-electron chi connectivity index (χ1n) is 10.1. The van der Waals surface area contributed by atoms with E-state index >= 15 is 0 Å². The van der Waals surface area contributed by atoms with Gasteiger partial charge in [-0.1, -0.05) is 32.0 Å². The van der Waals surface area contributed by atoms with E-state index in [-0.39, 0.29) is 24.0 Å². The lowest BCUT2D eigenvalue weighted by Gasteiger charge is -2.39. The first kappa shape index (κ1) is 20.6. The molecule has 2 aliphatic heterocycles. The Kier molecular flexibility index (Phi) is 6.91. The number of benzene rings is 1. The maximum Gasteiger partial charge on any atom is 0.258 e. The molecule has 2 fully saturated rings. The van der Waals surface area contributed by atoms with Crippen LogP contribution in [0.25, 0.3) is 0 Å². The second-order valence-electron chi connectivity index (χ2n) is 8.19. The molecule has 2 saturated heterocycles. The van der Waals surface area contributed by atoms with Gasteiger partial charge in [-0.3, -0.25) is 14.5 Å². The topological polar surface area (TPSA) is 79.9 Å². The average Bonchev–Trinajstić information content (AvgIpc) is 2.77. The average molecular weight is 389 g/mol. The van der Waals surface area contributed by atoms with Gasteiger partial charge in [0.2, 0.25) is 5.91 Å². The number of para-hydroxylation sites is 1. The molecule has 2 N–H and O–H groups in total. The van der Waals surface area contributed by atoms with Crippen molar-refractivity contribution in [3.05, 3.63) is 30.3 Å². The van der Waals surface area contributed by atoms with Gasteiger partial charge in [-0.15, -0.1) is 0 Å². The van der Waals surface area contributed by atoms with Crippen molar-refractivity contribution < 1.29 is 19.1 Å². The van der Waals surface area contributed by atoms with Gasteiger partial charge in [0.15, 0.2) is 6.61 Å². The fourth-order valence-corrected chi connectivity index (χ4v) is 3.94. The number of rotatable bonds is 6. The van der Waals surface area contributed by atoms with Gasteiger partial charge in [0, 0.05) is 32.8 Å². The number of hydrogen-bond donors (Lipinski definition) is 2. The molecule has 0 bridgehead atoms. The van der Waals surface area contributed by atoms with Crippen molar-refractivity contribution in [1.29, 1.82) is 0 Å². The predicted molar refractivity (Wildman–Crippen MR) is 106 cm³/mol. The van der Waals surface area contributed by atoms with Crippen molar-refractivity contribution in [1.82, 2.24) is 15.5 Å². The standard InChI is InChI=1S/C21H31N3O4/c1-16(2)12-24-13-18(20(26)23-21(15-24)8-10-27-11-9-21)22-19(25)14-28-17-6-4-3-5-7-17/h3-7,16,18H,8-15H2,1-2H3,(H,22,25)(H,23,26). The zero-order chi connectivity index (χ0) is 20.0. The number of carbonyl (C=O) groups excluding carboxylic acids is 2. The molecular weight excluding hydrogens is 358 g/mol. The number of carbonyl (C=O) groups is 2. The fraction of sp³-hybridized carbons (Fsp3) is 0.619.